The van der Waals surface area contributed by atoms with Crippen LogP contribution >= 0.6 is 0 Å². The summed E-state index contributed by atoms with van der Waals surface area (Å²) in [5.74, 6) is -0.451. The molecule has 0 aromatic rings. The quantitative estimate of drug-likeness (QED) is 0.377. The van der Waals surface area contributed by atoms with E-state index in [2.05, 4.69) is 13.5 Å². The van der Waals surface area contributed by atoms with Crippen LogP contribution in [0.2, 0.25) is 0 Å². The smallest absolute Gasteiger partial charge is 0.333 e. The summed E-state index contributed by atoms with van der Waals surface area (Å²) in [5.41, 5.74) is 0.347. The zero-order chi connectivity index (χ0) is 11.7. The first kappa shape index (κ1) is 14.1. The third-order valence-corrected chi connectivity index (χ3v) is 1.80. The maximum Gasteiger partial charge on any atom is 0.333 e. The molecule has 1 atom stereocenters. The highest BCUT2D eigenvalue weighted by Gasteiger charge is 2.11. The van der Waals surface area contributed by atoms with Crippen LogP contribution in [-0.4, -0.2) is 37.0 Å². The molecule has 0 aromatic carbocycles. The molecule has 0 aliphatic carbocycles. The Bertz CT molecular complexity index is 201. The van der Waals surface area contributed by atoms with Crippen molar-refractivity contribution in [2.24, 2.45) is 0 Å². The minimum atomic E-state index is -0.451. The number of carbonyl (C=O) groups is 1. The fourth-order valence-corrected chi connectivity index (χ4v) is 0.840. The minimum absolute atomic E-state index is 0.0753. The highest BCUT2D eigenvalue weighted by Crippen LogP contribution is 1.99. The SMILES string of the molecule is C=C(C)C(=O)OCC(CO)OCCCC. The van der Waals surface area contributed by atoms with E-state index < -0.39 is 12.1 Å². The standard InChI is InChI=1S/C11H20O4/c1-4-5-6-14-10(7-12)8-15-11(13)9(2)3/h10,12H,2,4-8H2,1,3H3. The second kappa shape index (κ2) is 8.44. The van der Waals surface area contributed by atoms with E-state index in [1.54, 1.807) is 6.92 Å². The maximum absolute atomic E-state index is 11.0. The Hall–Kier alpha value is -0.870. The fraction of sp³-hybridized carbons (Fsp3) is 0.727. The lowest BCUT2D eigenvalue weighted by Gasteiger charge is -2.15. The third kappa shape index (κ3) is 7.11. The van der Waals surface area contributed by atoms with Gasteiger partial charge in [-0.3, -0.25) is 0 Å². The van der Waals surface area contributed by atoms with Gasteiger partial charge in [0.15, 0.2) is 0 Å². The first-order chi connectivity index (χ1) is 7.11. The molecule has 0 fully saturated rings. The molecule has 0 amide bonds. The minimum Gasteiger partial charge on any atom is -0.459 e. The Morgan fingerprint density at radius 2 is 2.20 bits per heavy atom. The molecule has 0 rings (SSSR count). The van der Waals surface area contributed by atoms with Crippen LogP contribution in [0.5, 0.6) is 0 Å². The van der Waals surface area contributed by atoms with Crippen LogP contribution in [0.25, 0.3) is 0 Å². The van der Waals surface area contributed by atoms with E-state index >= 15 is 0 Å². The average molecular weight is 216 g/mol. The lowest BCUT2D eigenvalue weighted by atomic mass is 10.3. The molecule has 0 aliphatic rings. The topological polar surface area (TPSA) is 55.8 Å². The van der Waals surface area contributed by atoms with Gasteiger partial charge >= 0.3 is 5.97 Å². The number of rotatable bonds is 8. The van der Waals surface area contributed by atoms with Crippen LogP contribution in [-0.2, 0) is 14.3 Å². The molecule has 1 unspecified atom stereocenters. The van der Waals surface area contributed by atoms with Crippen molar-refractivity contribution < 1.29 is 19.4 Å². The van der Waals surface area contributed by atoms with Gasteiger partial charge in [-0.15, -0.1) is 0 Å². The van der Waals surface area contributed by atoms with Gasteiger partial charge in [-0.1, -0.05) is 19.9 Å². The Morgan fingerprint density at radius 1 is 1.53 bits per heavy atom. The number of esters is 1. The molecule has 4 nitrogen and oxygen atoms in total. The van der Waals surface area contributed by atoms with Crippen molar-refractivity contribution in [3.63, 3.8) is 0 Å². The molecule has 0 bridgehead atoms. The van der Waals surface area contributed by atoms with Crippen molar-refractivity contribution in [1.82, 2.24) is 0 Å². The number of ether oxygens (including phenoxy) is 2. The van der Waals surface area contributed by atoms with E-state index in [1.807, 2.05) is 0 Å². The van der Waals surface area contributed by atoms with Crippen molar-refractivity contribution in [1.29, 1.82) is 0 Å². The first-order valence-corrected chi connectivity index (χ1v) is 5.16. The first-order valence-electron chi connectivity index (χ1n) is 5.16. The van der Waals surface area contributed by atoms with Crippen LogP contribution in [0.4, 0.5) is 0 Å². The molecule has 0 radical (unpaired) electrons. The van der Waals surface area contributed by atoms with Crippen LogP contribution in [0.3, 0.4) is 0 Å². The highest BCUT2D eigenvalue weighted by atomic mass is 16.6. The molecule has 4 heteroatoms. The molecule has 0 saturated heterocycles. The Morgan fingerprint density at radius 3 is 2.67 bits per heavy atom. The summed E-state index contributed by atoms with van der Waals surface area (Å²) < 4.78 is 10.2. The summed E-state index contributed by atoms with van der Waals surface area (Å²) in [6, 6.07) is 0. The highest BCUT2D eigenvalue weighted by molar-refractivity contribution is 5.86. The average Bonchev–Trinajstić information content (AvgIpc) is 2.22. The summed E-state index contributed by atoms with van der Waals surface area (Å²) in [5, 5.41) is 8.94. The summed E-state index contributed by atoms with van der Waals surface area (Å²) in [6.45, 7) is 7.59. The number of aliphatic hydroxyl groups excluding tert-OH is 1. The maximum atomic E-state index is 11.0. The molecule has 0 aliphatic heterocycles. The molecular weight excluding hydrogens is 196 g/mol. The van der Waals surface area contributed by atoms with Gasteiger partial charge in [0.25, 0.3) is 0 Å². The van der Waals surface area contributed by atoms with Crippen LogP contribution < -0.4 is 0 Å². The number of hydrogen-bond acceptors (Lipinski definition) is 4. The summed E-state index contributed by atoms with van der Waals surface area (Å²) in [6.07, 6.45) is 1.54. The van der Waals surface area contributed by atoms with E-state index in [9.17, 15) is 4.79 Å². The number of aliphatic hydroxyl groups is 1. The normalized spacial score (nSPS) is 12.2. The van der Waals surface area contributed by atoms with Gasteiger partial charge in [0.1, 0.15) is 12.7 Å². The van der Waals surface area contributed by atoms with Crippen molar-refractivity contribution in [2.75, 3.05) is 19.8 Å². The van der Waals surface area contributed by atoms with Gasteiger partial charge in [-0.2, -0.15) is 0 Å². The zero-order valence-corrected chi connectivity index (χ0v) is 9.49. The Balaban J connectivity index is 3.69. The van der Waals surface area contributed by atoms with Crippen LogP contribution in [0.1, 0.15) is 26.7 Å². The van der Waals surface area contributed by atoms with E-state index in [4.69, 9.17) is 14.6 Å². The summed E-state index contributed by atoms with van der Waals surface area (Å²) >= 11 is 0. The lowest BCUT2D eigenvalue weighted by Crippen LogP contribution is -2.26. The molecule has 0 aromatic heterocycles. The van der Waals surface area contributed by atoms with Gasteiger partial charge in [0.2, 0.25) is 0 Å². The molecular formula is C11H20O4. The molecule has 88 valence electrons. The lowest BCUT2D eigenvalue weighted by molar-refractivity contribution is -0.144. The van der Waals surface area contributed by atoms with Crippen molar-refractivity contribution >= 4 is 5.97 Å². The van der Waals surface area contributed by atoms with Gasteiger partial charge in [-0.05, 0) is 13.3 Å². The van der Waals surface area contributed by atoms with E-state index in [1.165, 1.54) is 0 Å². The van der Waals surface area contributed by atoms with E-state index in [-0.39, 0.29) is 13.2 Å². The Labute approximate surface area is 90.9 Å². The summed E-state index contributed by atoms with van der Waals surface area (Å²) in [4.78, 5) is 11.0. The predicted molar refractivity (Wildman–Crippen MR) is 57.5 cm³/mol. The number of hydrogen-bond donors (Lipinski definition) is 1. The Kier molecular flexibility index (Phi) is 7.95. The van der Waals surface area contributed by atoms with Gasteiger partial charge in [-0.25, -0.2) is 4.79 Å². The summed E-state index contributed by atoms with van der Waals surface area (Å²) in [7, 11) is 0. The molecule has 0 spiro atoms. The molecule has 0 saturated carbocycles. The van der Waals surface area contributed by atoms with E-state index in [0.29, 0.717) is 12.2 Å². The number of unbranched alkanes of at least 4 members (excludes halogenated alkanes) is 1. The monoisotopic (exact) mass is 216 g/mol. The molecule has 0 heterocycles. The molecule has 15 heavy (non-hydrogen) atoms. The van der Waals surface area contributed by atoms with E-state index in [0.717, 1.165) is 12.8 Å². The van der Waals surface area contributed by atoms with Crippen molar-refractivity contribution in [3.8, 4) is 0 Å². The second-order valence-electron chi connectivity index (χ2n) is 3.41. The van der Waals surface area contributed by atoms with Gasteiger partial charge in [0, 0.05) is 12.2 Å². The predicted octanol–water partition coefficient (Wildman–Crippen LogP) is 1.28. The third-order valence-electron chi connectivity index (χ3n) is 1.80. The van der Waals surface area contributed by atoms with Crippen molar-refractivity contribution in [2.45, 2.75) is 32.8 Å². The number of carbonyl (C=O) groups excluding carboxylic acids is 1. The molecule has 1 N–H and O–H groups in total. The van der Waals surface area contributed by atoms with Gasteiger partial charge < -0.3 is 14.6 Å². The van der Waals surface area contributed by atoms with Crippen LogP contribution in [0, 0.1) is 0 Å². The fourth-order valence-electron chi connectivity index (χ4n) is 0.840. The second-order valence-corrected chi connectivity index (χ2v) is 3.41. The van der Waals surface area contributed by atoms with Crippen molar-refractivity contribution in [3.05, 3.63) is 12.2 Å². The van der Waals surface area contributed by atoms with Crippen LogP contribution in [0.15, 0.2) is 12.2 Å². The van der Waals surface area contributed by atoms with Gasteiger partial charge in [0.05, 0.1) is 6.61 Å². The zero-order valence-electron chi connectivity index (χ0n) is 9.49. The largest absolute Gasteiger partial charge is 0.459 e.